The van der Waals surface area contributed by atoms with E-state index in [0.717, 1.165) is 4.90 Å². The Morgan fingerprint density at radius 3 is 2.71 bits per heavy atom. The van der Waals surface area contributed by atoms with Crippen molar-refractivity contribution in [3.05, 3.63) is 30.1 Å². The molecule has 0 spiro atoms. The summed E-state index contributed by atoms with van der Waals surface area (Å²) in [6.45, 7) is 0.207. The lowest BCUT2D eigenvalue weighted by Gasteiger charge is -2.21. The number of fused-ring (bicyclic) bond motifs is 1. The normalized spacial score (nSPS) is 11.9. The number of rotatable bonds is 4. The lowest BCUT2D eigenvalue weighted by molar-refractivity contribution is -0.140. The van der Waals surface area contributed by atoms with Crippen LogP contribution in [0.2, 0.25) is 0 Å². The summed E-state index contributed by atoms with van der Waals surface area (Å²) in [5, 5.41) is 0.567. The van der Waals surface area contributed by atoms with Crippen LogP contribution in [0.5, 0.6) is 0 Å². The summed E-state index contributed by atoms with van der Waals surface area (Å²) in [4.78, 5) is 17.3. The smallest absolute Gasteiger partial charge is 0.328 e. The lowest BCUT2D eigenvalue weighted by Crippen LogP contribution is -2.39. The maximum absolute atomic E-state index is 12.5. The maximum atomic E-state index is 12.5. The highest BCUT2D eigenvalue weighted by Crippen LogP contribution is 2.23. The Labute approximate surface area is 123 Å². The molecule has 0 atom stereocenters. The number of imidazole rings is 1. The topological polar surface area (TPSA) is 37.6 Å². The van der Waals surface area contributed by atoms with E-state index < -0.39 is 18.6 Å². The van der Waals surface area contributed by atoms with Crippen LogP contribution in [0.25, 0.3) is 5.52 Å². The average molecular weight is 317 g/mol. The maximum Gasteiger partial charge on any atom is 0.406 e. The van der Waals surface area contributed by atoms with Crippen LogP contribution in [0.4, 0.5) is 13.2 Å². The van der Waals surface area contributed by atoms with E-state index in [0.29, 0.717) is 10.7 Å². The first-order valence-corrected chi connectivity index (χ1v) is 7.47. The number of nitrogens with zero attached hydrogens (tertiary/aromatic N) is 3. The molecule has 0 bridgehead atoms. The van der Waals surface area contributed by atoms with Gasteiger partial charge in [-0.25, -0.2) is 4.98 Å². The second-order valence-corrected chi connectivity index (χ2v) is 5.11. The van der Waals surface area contributed by atoms with Crippen molar-refractivity contribution in [3.8, 4) is 0 Å². The zero-order valence-electron chi connectivity index (χ0n) is 11.5. The largest absolute Gasteiger partial charge is 0.406 e. The van der Waals surface area contributed by atoms with Crippen LogP contribution >= 0.6 is 11.8 Å². The summed E-state index contributed by atoms with van der Waals surface area (Å²) < 4.78 is 39.3. The molecule has 4 nitrogen and oxygen atoms in total. The highest BCUT2D eigenvalue weighted by atomic mass is 32.2. The molecule has 2 aromatic heterocycles. The molecule has 0 aliphatic carbocycles. The molecule has 2 aromatic rings. The molecule has 21 heavy (non-hydrogen) atoms. The van der Waals surface area contributed by atoms with Crippen molar-refractivity contribution in [2.24, 2.45) is 0 Å². The summed E-state index contributed by atoms with van der Waals surface area (Å²) in [5.41, 5.74) is 0.554. The van der Waals surface area contributed by atoms with E-state index in [9.17, 15) is 18.0 Å². The van der Waals surface area contributed by atoms with E-state index in [-0.39, 0.29) is 12.2 Å². The predicted octanol–water partition coefficient (Wildman–Crippen LogP) is 3.08. The lowest BCUT2D eigenvalue weighted by atomic mass is 10.3. The van der Waals surface area contributed by atoms with Gasteiger partial charge >= 0.3 is 6.18 Å². The molecule has 0 saturated carbocycles. The number of thioether (sulfide) groups is 1. The van der Waals surface area contributed by atoms with Crippen molar-refractivity contribution >= 4 is 23.2 Å². The molecule has 0 N–H and O–H groups in total. The molecule has 8 heteroatoms. The van der Waals surface area contributed by atoms with Gasteiger partial charge in [-0.15, -0.1) is 0 Å². The zero-order valence-corrected chi connectivity index (χ0v) is 12.3. The monoisotopic (exact) mass is 317 g/mol. The van der Waals surface area contributed by atoms with Crippen LogP contribution in [0.15, 0.2) is 29.6 Å². The third-order valence-electron chi connectivity index (χ3n) is 2.94. The number of hydrogen-bond acceptors (Lipinski definition) is 3. The van der Waals surface area contributed by atoms with Crippen LogP contribution in [0.3, 0.4) is 0 Å². The molecule has 2 heterocycles. The van der Waals surface area contributed by atoms with Crippen molar-refractivity contribution in [2.45, 2.75) is 18.3 Å². The van der Waals surface area contributed by atoms with Gasteiger partial charge < -0.3 is 4.90 Å². The number of hydrogen-bond donors (Lipinski definition) is 0. The average Bonchev–Trinajstić information content (AvgIpc) is 2.82. The summed E-state index contributed by atoms with van der Waals surface area (Å²) in [6, 6.07) is 5.16. The zero-order chi connectivity index (χ0) is 15.6. The number of carbonyl (C=O) groups excluding carboxylic acids is 1. The molecule has 0 aromatic carbocycles. The first-order chi connectivity index (χ1) is 9.87. The Morgan fingerprint density at radius 2 is 2.14 bits per heavy atom. The van der Waals surface area contributed by atoms with Gasteiger partial charge in [0.15, 0.2) is 10.9 Å². The first kappa shape index (κ1) is 15.7. The molecular formula is C13H14F3N3OS. The van der Waals surface area contributed by atoms with Crippen LogP contribution < -0.4 is 0 Å². The molecule has 2 rings (SSSR count). The Balaban J connectivity index is 2.43. The first-order valence-electron chi connectivity index (χ1n) is 6.24. The number of amides is 1. The van der Waals surface area contributed by atoms with Crippen molar-refractivity contribution in [1.29, 1.82) is 0 Å². The Bertz CT molecular complexity index is 654. The van der Waals surface area contributed by atoms with Gasteiger partial charge in [0.1, 0.15) is 6.54 Å². The second kappa shape index (κ2) is 5.97. The number of pyridine rings is 1. The predicted molar refractivity (Wildman–Crippen MR) is 74.6 cm³/mol. The van der Waals surface area contributed by atoms with Crippen molar-refractivity contribution in [3.63, 3.8) is 0 Å². The van der Waals surface area contributed by atoms with Gasteiger partial charge in [-0.05, 0) is 25.3 Å². The van der Waals surface area contributed by atoms with Gasteiger partial charge in [0.2, 0.25) is 0 Å². The van der Waals surface area contributed by atoms with Crippen LogP contribution in [0, 0.1) is 0 Å². The molecule has 0 fully saturated rings. The molecule has 0 aliphatic rings. The number of halogens is 3. The fourth-order valence-electron chi connectivity index (χ4n) is 2.00. The van der Waals surface area contributed by atoms with Crippen LogP contribution in [-0.4, -0.2) is 45.7 Å². The van der Waals surface area contributed by atoms with E-state index in [1.165, 1.54) is 18.7 Å². The van der Waals surface area contributed by atoms with E-state index in [1.54, 1.807) is 35.1 Å². The van der Waals surface area contributed by atoms with E-state index in [4.69, 9.17) is 0 Å². The van der Waals surface area contributed by atoms with Gasteiger partial charge in [0.25, 0.3) is 5.91 Å². The van der Waals surface area contributed by atoms with Gasteiger partial charge in [0.05, 0.1) is 5.52 Å². The Morgan fingerprint density at radius 1 is 1.43 bits per heavy atom. The fraction of sp³-hybridized carbons (Fsp3) is 0.385. The van der Waals surface area contributed by atoms with Gasteiger partial charge in [-0.2, -0.15) is 13.2 Å². The molecule has 114 valence electrons. The molecule has 0 unspecified atom stereocenters. The van der Waals surface area contributed by atoms with Gasteiger partial charge in [-0.3, -0.25) is 9.20 Å². The second-order valence-electron chi connectivity index (χ2n) is 4.34. The molecule has 0 radical (unpaired) electrons. The van der Waals surface area contributed by atoms with Gasteiger partial charge in [0, 0.05) is 12.7 Å². The Hall–Kier alpha value is -1.70. The van der Waals surface area contributed by atoms with Crippen LogP contribution in [-0.2, 0) is 0 Å². The van der Waals surface area contributed by atoms with E-state index in [2.05, 4.69) is 4.98 Å². The molecule has 0 aliphatic heterocycles. The van der Waals surface area contributed by atoms with Crippen LogP contribution in [0.1, 0.15) is 17.4 Å². The number of aromatic nitrogens is 2. The van der Waals surface area contributed by atoms with E-state index >= 15 is 0 Å². The van der Waals surface area contributed by atoms with Crippen molar-refractivity contribution in [1.82, 2.24) is 14.3 Å². The van der Waals surface area contributed by atoms with Crippen molar-refractivity contribution in [2.75, 3.05) is 19.3 Å². The fourth-order valence-corrected chi connectivity index (χ4v) is 2.54. The van der Waals surface area contributed by atoms with Gasteiger partial charge in [-0.1, -0.05) is 17.8 Å². The SMILES string of the molecule is CCN(CC(F)(F)F)C(=O)c1nc(SC)n2ccccc12. The summed E-state index contributed by atoms with van der Waals surface area (Å²) in [7, 11) is 0. The molecule has 1 amide bonds. The minimum atomic E-state index is -4.43. The molecule has 0 saturated heterocycles. The minimum absolute atomic E-state index is 0.0290. The highest BCUT2D eigenvalue weighted by Gasteiger charge is 2.34. The summed E-state index contributed by atoms with van der Waals surface area (Å²) in [6.07, 6.45) is -0.905. The summed E-state index contributed by atoms with van der Waals surface area (Å²) in [5.74, 6) is -0.709. The third-order valence-corrected chi connectivity index (χ3v) is 3.59. The number of carbonyl (C=O) groups is 1. The number of alkyl halides is 3. The highest BCUT2D eigenvalue weighted by molar-refractivity contribution is 7.98. The molecular weight excluding hydrogens is 303 g/mol. The van der Waals surface area contributed by atoms with Crippen molar-refractivity contribution < 1.29 is 18.0 Å². The standard InChI is InChI=1S/C13H14F3N3OS/c1-3-18(8-13(14,15)16)11(20)10-9-6-4-5-7-19(9)12(17-10)21-2/h4-7H,3,8H2,1-2H3. The Kier molecular flexibility index (Phi) is 4.46. The summed E-state index contributed by atoms with van der Waals surface area (Å²) >= 11 is 1.33. The van der Waals surface area contributed by atoms with E-state index in [1.807, 2.05) is 0 Å². The quantitative estimate of drug-likeness (QED) is 0.813. The minimum Gasteiger partial charge on any atom is -0.328 e. The third kappa shape index (κ3) is 3.31.